The third-order valence-corrected chi connectivity index (χ3v) is 4.11. The van der Waals surface area contributed by atoms with Crippen molar-refractivity contribution < 1.29 is 4.39 Å². The molecule has 100 valence electrons. The van der Waals surface area contributed by atoms with Gasteiger partial charge in [0.15, 0.2) is 0 Å². The topological polar surface area (TPSA) is 3.24 Å². The first kappa shape index (κ1) is 14.1. The first-order valence-corrected chi connectivity index (χ1v) is 7.36. The second-order valence-corrected chi connectivity index (χ2v) is 5.63. The highest BCUT2D eigenvalue weighted by atomic mass is 35.5. The van der Waals surface area contributed by atoms with E-state index in [0.717, 1.165) is 25.1 Å². The number of alkyl halides is 1. The Morgan fingerprint density at radius 1 is 1.33 bits per heavy atom. The van der Waals surface area contributed by atoms with Crippen molar-refractivity contribution in [3.05, 3.63) is 34.6 Å². The maximum atomic E-state index is 13.4. The zero-order chi connectivity index (χ0) is 13.0. The van der Waals surface area contributed by atoms with Crippen LogP contribution in [0, 0.1) is 5.82 Å². The number of hydrogen-bond acceptors (Lipinski definition) is 1. The summed E-state index contributed by atoms with van der Waals surface area (Å²) in [6, 6.07) is 5.71. The molecule has 0 saturated heterocycles. The minimum Gasteiger partial charge on any atom is -0.296 e. The smallest absolute Gasteiger partial charge is 0.142 e. The molecular weight excluding hydrogens is 272 g/mol. The highest BCUT2D eigenvalue weighted by Gasteiger charge is 2.24. The normalized spacial score (nSPS) is 16.0. The van der Waals surface area contributed by atoms with Gasteiger partial charge >= 0.3 is 0 Å². The quantitative estimate of drug-likeness (QED) is 0.699. The molecule has 4 heteroatoms. The second kappa shape index (κ2) is 6.74. The zero-order valence-electron chi connectivity index (χ0n) is 10.3. The fraction of sp³-hybridized carbons (Fsp3) is 0.571. The van der Waals surface area contributed by atoms with E-state index in [0.29, 0.717) is 11.9 Å². The Hall–Kier alpha value is -0.310. The summed E-state index contributed by atoms with van der Waals surface area (Å²) in [6.07, 6.45) is 4.78. The Bertz CT molecular complexity index is 393. The van der Waals surface area contributed by atoms with Crippen LogP contribution in [-0.4, -0.2) is 23.4 Å². The molecule has 1 fully saturated rings. The maximum absolute atomic E-state index is 13.4. The van der Waals surface area contributed by atoms with Crippen LogP contribution in [-0.2, 0) is 6.54 Å². The van der Waals surface area contributed by atoms with Gasteiger partial charge in [-0.2, -0.15) is 0 Å². The van der Waals surface area contributed by atoms with E-state index in [2.05, 4.69) is 4.90 Å². The molecule has 0 radical (unpaired) electrons. The van der Waals surface area contributed by atoms with Crippen LogP contribution in [0.15, 0.2) is 18.2 Å². The standard InChI is InChI=1S/C14H18Cl2FN/c15-7-2-8-18(12-3-1-4-12)10-11-5-6-13(16)14(17)9-11/h5-6,9,12H,1-4,7-8,10H2. The van der Waals surface area contributed by atoms with Gasteiger partial charge < -0.3 is 0 Å². The Labute approximate surface area is 118 Å². The summed E-state index contributed by atoms with van der Waals surface area (Å²) in [5.74, 6) is 0.345. The number of halogens is 3. The molecule has 0 N–H and O–H groups in total. The van der Waals surface area contributed by atoms with Crippen LogP contribution in [0.4, 0.5) is 4.39 Å². The van der Waals surface area contributed by atoms with Crippen molar-refractivity contribution in [3.63, 3.8) is 0 Å². The average molecular weight is 290 g/mol. The van der Waals surface area contributed by atoms with Crippen LogP contribution in [0.1, 0.15) is 31.2 Å². The number of rotatable bonds is 6. The van der Waals surface area contributed by atoms with Crippen molar-refractivity contribution in [2.45, 2.75) is 38.3 Å². The van der Waals surface area contributed by atoms with Crippen LogP contribution < -0.4 is 0 Å². The minimum atomic E-state index is -0.333. The summed E-state index contributed by atoms with van der Waals surface area (Å²) < 4.78 is 13.4. The van der Waals surface area contributed by atoms with E-state index in [1.807, 2.05) is 6.07 Å². The van der Waals surface area contributed by atoms with Gasteiger partial charge in [-0.15, -0.1) is 11.6 Å². The molecule has 0 bridgehead atoms. The lowest BCUT2D eigenvalue weighted by molar-refractivity contribution is 0.120. The summed E-state index contributed by atoms with van der Waals surface area (Å²) >= 11 is 11.5. The zero-order valence-corrected chi connectivity index (χ0v) is 11.9. The highest BCUT2D eigenvalue weighted by molar-refractivity contribution is 6.30. The third kappa shape index (κ3) is 3.59. The largest absolute Gasteiger partial charge is 0.296 e. The van der Waals surface area contributed by atoms with Crippen molar-refractivity contribution in [1.29, 1.82) is 0 Å². The lowest BCUT2D eigenvalue weighted by Gasteiger charge is -2.37. The van der Waals surface area contributed by atoms with Gasteiger partial charge in [0.25, 0.3) is 0 Å². The minimum absolute atomic E-state index is 0.190. The van der Waals surface area contributed by atoms with Crippen molar-refractivity contribution in [3.8, 4) is 0 Å². The summed E-state index contributed by atoms with van der Waals surface area (Å²) in [5.41, 5.74) is 0.985. The van der Waals surface area contributed by atoms with Crippen LogP contribution in [0.3, 0.4) is 0 Å². The molecule has 2 rings (SSSR count). The first-order chi connectivity index (χ1) is 8.70. The van der Waals surface area contributed by atoms with Crippen LogP contribution >= 0.6 is 23.2 Å². The van der Waals surface area contributed by atoms with Crippen molar-refractivity contribution >= 4 is 23.2 Å². The van der Waals surface area contributed by atoms with Crippen LogP contribution in [0.25, 0.3) is 0 Å². The van der Waals surface area contributed by atoms with E-state index in [-0.39, 0.29) is 10.8 Å². The molecule has 0 amide bonds. The Balaban J connectivity index is 1.99. The van der Waals surface area contributed by atoms with Gasteiger partial charge in [0.2, 0.25) is 0 Å². The Kier molecular flexibility index (Phi) is 5.28. The molecule has 0 aliphatic heterocycles. The molecule has 0 spiro atoms. The van der Waals surface area contributed by atoms with Gasteiger partial charge in [-0.3, -0.25) is 4.90 Å². The van der Waals surface area contributed by atoms with Crippen molar-refractivity contribution in [2.24, 2.45) is 0 Å². The molecule has 1 aliphatic carbocycles. The van der Waals surface area contributed by atoms with E-state index in [9.17, 15) is 4.39 Å². The van der Waals surface area contributed by atoms with Gasteiger partial charge in [-0.25, -0.2) is 4.39 Å². The first-order valence-electron chi connectivity index (χ1n) is 6.44. The van der Waals surface area contributed by atoms with Gasteiger partial charge in [0, 0.05) is 18.5 Å². The summed E-state index contributed by atoms with van der Waals surface area (Å²) in [4.78, 5) is 2.41. The average Bonchev–Trinajstić information content (AvgIpc) is 2.28. The number of hydrogen-bond donors (Lipinski definition) is 0. The maximum Gasteiger partial charge on any atom is 0.142 e. The van der Waals surface area contributed by atoms with Crippen molar-refractivity contribution in [2.75, 3.05) is 12.4 Å². The van der Waals surface area contributed by atoms with E-state index in [4.69, 9.17) is 23.2 Å². The Morgan fingerprint density at radius 2 is 2.11 bits per heavy atom. The molecule has 1 aromatic carbocycles. The molecule has 0 atom stereocenters. The molecular formula is C14H18Cl2FN. The third-order valence-electron chi connectivity index (χ3n) is 3.54. The van der Waals surface area contributed by atoms with Gasteiger partial charge in [-0.05, 0) is 43.5 Å². The number of nitrogens with zero attached hydrogens (tertiary/aromatic N) is 1. The lowest BCUT2D eigenvalue weighted by Crippen LogP contribution is -2.40. The summed E-state index contributed by atoms with van der Waals surface area (Å²) in [6.45, 7) is 1.77. The predicted octanol–water partition coefficient (Wildman–Crippen LogP) is 4.46. The molecule has 0 unspecified atom stereocenters. The van der Waals surface area contributed by atoms with Crippen LogP contribution in [0.5, 0.6) is 0 Å². The molecule has 1 nitrogen and oxygen atoms in total. The van der Waals surface area contributed by atoms with Crippen molar-refractivity contribution in [1.82, 2.24) is 4.90 Å². The number of benzene rings is 1. The van der Waals surface area contributed by atoms with E-state index < -0.39 is 0 Å². The molecule has 0 aromatic heterocycles. The highest BCUT2D eigenvalue weighted by Crippen LogP contribution is 2.27. The van der Waals surface area contributed by atoms with E-state index in [1.54, 1.807) is 6.07 Å². The molecule has 18 heavy (non-hydrogen) atoms. The molecule has 0 heterocycles. The molecule has 1 aliphatic rings. The fourth-order valence-electron chi connectivity index (χ4n) is 2.28. The fourth-order valence-corrected chi connectivity index (χ4v) is 2.51. The van der Waals surface area contributed by atoms with Gasteiger partial charge in [-0.1, -0.05) is 24.1 Å². The lowest BCUT2D eigenvalue weighted by atomic mass is 9.91. The summed E-state index contributed by atoms with van der Waals surface area (Å²) in [5, 5.41) is 0.190. The Morgan fingerprint density at radius 3 is 2.67 bits per heavy atom. The monoisotopic (exact) mass is 289 g/mol. The predicted molar refractivity (Wildman–Crippen MR) is 74.8 cm³/mol. The summed E-state index contributed by atoms with van der Waals surface area (Å²) in [7, 11) is 0. The van der Waals surface area contributed by atoms with Gasteiger partial charge in [0.1, 0.15) is 5.82 Å². The molecule has 1 saturated carbocycles. The van der Waals surface area contributed by atoms with E-state index in [1.165, 1.54) is 25.3 Å². The SMILES string of the molecule is Fc1cc(CN(CCCCl)C2CCC2)ccc1Cl. The van der Waals surface area contributed by atoms with Gasteiger partial charge in [0.05, 0.1) is 5.02 Å². The second-order valence-electron chi connectivity index (χ2n) is 4.85. The van der Waals surface area contributed by atoms with E-state index >= 15 is 0 Å². The van der Waals surface area contributed by atoms with Crippen LogP contribution in [0.2, 0.25) is 5.02 Å². The molecule has 1 aromatic rings.